The van der Waals surface area contributed by atoms with Gasteiger partial charge in [0.15, 0.2) is 0 Å². The zero-order chi connectivity index (χ0) is 10.1. The first-order valence-electron chi connectivity index (χ1n) is 3.71. The van der Waals surface area contributed by atoms with Crippen molar-refractivity contribution in [1.29, 1.82) is 0 Å². The van der Waals surface area contributed by atoms with Gasteiger partial charge < -0.3 is 12.9 Å². The van der Waals surface area contributed by atoms with Gasteiger partial charge in [0.05, 0.1) is 0 Å². The summed E-state index contributed by atoms with van der Waals surface area (Å²) < 4.78 is 37.0. The van der Waals surface area contributed by atoms with E-state index in [1.165, 1.54) is 12.1 Å². The van der Waals surface area contributed by atoms with Crippen LogP contribution in [0.25, 0.3) is 0 Å². The molecule has 0 fully saturated rings. The quantitative estimate of drug-likeness (QED) is 0.460. The molecule has 0 atom stereocenters. The Hall–Kier alpha value is 0.381. The molecular weight excluding hydrogens is 219 g/mol. The van der Waals surface area contributed by atoms with Gasteiger partial charge in [0.2, 0.25) is 0 Å². The predicted octanol–water partition coefficient (Wildman–Crippen LogP) is -1.13. The molecule has 0 radical (unpaired) electrons. The zero-order valence-corrected chi connectivity index (χ0v) is 11.1. The summed E-state index contributed by atoms with van der Waals surface area (Å²) in [5.41, 5.74) is -0.604. The molecule has 0 N–H and O–H groups in total. The molecule has 14 heavy (non-hydrogen) atoms. The normalized spacial score (nSPS) is 10.6. The molecule has 0 unspecified atom stereocenters. The van der Waals surface area contributed by atoms with Crippen molar-refractivity contribution in [2.24, 2.45) is 0 Å². The Morgan fingerprint density at radius 2 is 1.86 bits per heavy atom. The molecule has 0 bridgehead atoms. The Labute approximate surface area is 123 Å². The number of aryl methyl sites for hydroxylation is 1. The molecular formula is C8H7BF3KO. The predicted molar refractivity (Wildman–Crippen MR) is 45.3 cm³/mol. The molecule has 0 spiro atoms. The van der Waals surface area contributed by atoms with E-state index in [1.807, 2.05) is 0 Å². The van der Waals surface area contributed by atoms with Gasteiger partial charge in [0, 0.05) is 0 Å². The van der Waals surface area contributed by atoms with Gasteiger partial charge in [-0.15, -0.1) is 0 Å². The van der Waals surface area contributed by atoms with E-state index in [2.05, 4.69) is 0 Å². The van der Waals surface area contributed by atoms with Crippen molar-refractivity contribution in [3.8, 4) is 0 Å². The van der Waals surface area contributed by atoms with Crippen molar-refractivity contribution in [3.05, 3.63) is 29.3 Å². The van der Waals surface area contributed by atoms with E-state index >= 15 is 0 Å². The molecule has 0 aliphatic rings. The molecule has 1 aromatic carbocycles. The number of hydrogen-bond donors (Lipinski definition) is 0. The molecule has 0 aliphatic carbocycles. The van der Waals surface area contributed by atoms with Crippen LogP contribution in [0, 0.1) is 6.92 Å². The maximum Gasteiger partial charge on any atom is 1.00 e. The molecule has 0 aromatic heterocycles. The Balaban J connectivity index is 0.00000169. The van der Waals surface area contributed by atoms with E-state index < -0.39 is 12.4 Å². The molecule has 0 saturated heterocycles. The van der Waals surface area contributed by atoms with Crippen LogP contribution in [0.2, 0.25) is 0 Å². The summed E-state index contributed by atoms with van der Waals surface area (Å²) >= 11 is 0. The van der Waals surface area contributed by atoms with Crippen LogP contribution in [0.3, 0.4) is 0 Å². The van der Waals surface area contributed by atoms with E-state index in [0.29, 0.717) is 5.56 Å². The van der Waals surface area contributed by atoms with E-state index in [9.17, 15) is 17.7 Å². The number of hydrogen-bond acceptors (Lipinski definition) is 1. The molecule has 0 heterocycles. The number of benzene rings is 1. The number of carbonyl (C=O) groups is 1. The maximum atomic E-state index is 12.3. The Morgan fingerprint density at radius 3 is 2.29 bits per heavy atom. The SMILES string of the molecule is Cc1ccc(C=O)c([B-](F)(F)F)c1.[K+]. The first kappa shape index (κ1) is 14.4. The molecule has 1 rings (SSSR count). The Morgan fingerprint density at radius 1 is 1.29 bits per heavy atom. The standard InChI is InChI=1S/C8H7BF3O.K/c1-6-2-3-7(5-13)8(4-6)9(10,11)12;/h2-5H,1H3;/q-1;+1. The minimum Gasteiger partial charge on any atom is -0.445 e. The van der Waals surface area contributed by atoms with Crippen LogP contribution >= 0.6 is 0 Å². The molecule has 1 aromatic rings. The average molecular weight is 226 g/mol. The minimum absolute atomic E-state index is 0. The largest absolute Gasteiger partial charge is 1.00 e. The first-order chi connectivity index (χ1) is 5.95. The topological polar surface area (TPSA) is 17.1 Å². The summed E-state index contributed by atoms with van der Waals surface area (Å²) in [4.78, 5) is 10.3. The summed E-state index contributed by atoms with van der Waals surface area (Å²) in [6, 6.07) is 3.66. The second-order valence-electron chi connectivity index (χ2n) is 2.82. The Bertz CT molecular complexity index is 338. The third kappa shape index (κ3) is 3.51. The van der Waals surface area contributed by atoms with E-state index in [4.69, 9.17) is 0 Å². The van der Waals surface area contributed by atoms with Gasteiger partial charge in [-0.2, -0.15) is 0 Å². The van der Waals surface area contributed by atoms with E-state index in [0.717, 1.165) is 6.07 Å². The molecule has 0 aliphatic heterocycles. The van der Waals surface area contributed by atoms with Crippen molar-refractivity contribution in [3.63, 3.8) is 0 Å². The van der Waals surface area contributed by atoms with Crippen LogP contribution in [0.5, 0.6) is 0 Å². The van der Waals surface area contributed by atoms with Crippen molar-refractivity contribution in [2.75, 3.05) is 0 Å². The zero-order valence-electron chi connectivity index (χ0n) is 7.93. The van der Waals surface area contributed by atoms with Crippen molar-refractivity contribution in [1.82, 2.24) is 0 Å². The van der Waals surface area contributed by atoms with Crippen LogP contribution in [0.1, 0.15) is 15.9 Å². The fourth-order valence-corrected chi connectivity index (χ4v) is 1.08. The third-order valence-electron chi connectivity index (χ3n) is 1.72. The van der Waals surface area contributed by atoms with Crippen LogP contribution in [0.4, 0.5) is 12.9 Å². The van der Waals surface area contributed by atoms with E-state index in [1.54, 1.807) is 6.92 Å². The van der Waals surface area contributed by atoms with Crippen LogP contribution in [-0.2, 0) is 0 Å². The summed E-state index contributed by atoms with van der Waals surface area (Å²) in [6.07, 6.45) is 0.226. The fraction of sp³-hybridized carbons (Fsp3) is 0.125. The summed E-state index contributed by atoms with van der Waals surface area (Å²) in [5.74, 6) is 0. The first-order valence-corrected chi connectivity index (χ1v) is 3.71. The van der Waals surface area contributed by atoms with Gasteiger partial charge in [-0.25, -0.2) is 0 Å². The van der Waals surface area contributed by atoms with Crippen LogP contribution in [0.15, 0.2) is 18.2 Å². The second kappa shape index (κ2) is 5.46. The van der Waals surface area contributed by atoms with Gasteiger partial charge in [-0.3, -0.25) is 4.79 Å². The second-order valence-corrected chi connectivity index (χ2v) is 2.82. The summed E-state index contributed by atoms with van der Waals surface area (Å²) in [7, 11) is 0. The molecule has 6 heteroatoms. The molecule has 1 nitrogen and oxygen atoms in total. The third-order valence-corrected chi connectivity index (χ3v) is 1.72. The van der Waals surface area contributed by atoms with Gasteiger partial charge in [-0.05, 0) is 12.5 Å². The maximum absolute atomic E-state index is 12.3. The number of carbonyl (C=O) groups excluding carboxylic acids is 1. The van der Waals surface area contributed by atoms with Crippen molar-refractivity contribution in [2.45, 2.75) is 6.92 Å². The molecule has 0 amide bonds. The molecule has 70 valence electrons. The monoisotopic (exact) mass is 226 g/mol. The van der Waals surface area contributed by atoms with Gasteiger partial charge in [0.1, 0.15) is 6.29 Å². The average Bonchev–Trinajstić information content (AvgIpc) is 2.03. The summed E-state index contributed by atoms with van der Waals surface area (Å²) in [5, 5.41) is 0. The minimum atomic E-state index is -5.09. The van der Waals surface area contributed by atoms with Gasteiger partial charge in [-0.1, -0.05) is 29.2 Å². The summed E-state index contributed by atoms with van der Waals surface area (Å²) in [6.45, 7) is -3.53. The Kier molecular flexibility index (Phi) is 5.61. The number of rotatable bonds is 2. The number of halogens is 3. The number of aldehydes is 1. The van der Waals surface area contributed by atoms with Crippen molar-refractivity contribution >= 4 is 18.7 Å². The van der Waals surface area contributed by atoms with Crippen LogP contribution in [-0.4, -0.2) is 13.3 Å². The fourth-order valence-electron chi connectivity index (χ4n) is 1.08. The van der Waals surface area contributed by atoms with Gasteiger partial charge in [0.25, 0.3) is 0 Å². The van der Waals surface area contributed by atoms with Gasteiger partial charge >= 0.3 is 58.4 Å². The molecule has 0 saturated carbocycles. The smallest absolute Gasteiger partial charge is 0.445 e. The van der Waals surface area contributed by atoms with Crippen LogP contribution < -0.4 is 56.8 Å². The van der Waals surface area contributed by atoms with Crippen molar-refractivity contribution < 1.29 is 69.1 Å². The van der Waals surface area contributed by atoms with E-state index in [-0.39, 0.29) is 63.2 Å².